The van der Waals surface area contributed by atoms with Crippen LogP contribution < -0.4 is 5.32 Å². The van der Waals surface area contributed by atoms with E-state index in [0.717, 1.165) is 6.26 Å². The normalized spacial score (nSPS) is 12.9. The molecular formula is C9H17NO6S. The summed E-state index contributed by atoms with van der Waals surface area (Å²) in [4.78, 5) is 22.2. The van der Waals surface area contributed by atoms with Crippen LogP contribution in [0.3, 0.4) is 0 Å². The summed E-state index contributed by atoms with van der Waals surface area (Å²) in [6.07, 6.45) is 0.941. The van der Waals surface area contributed by atoms with Gasteiger partial charge in [0.2, 0.25) is 5.91 Å². The van der Waals surface area contributed by atoms with E-state index in [1.54, 1.807) is 6.92 Å². The molecule has 0 aliphatic heterocycles. The van der Waals surface area contributed by atoms with Gasteiger partial charge < -0.3 is 10.1 Å². The van der Waals surface area contributed by atoms with E-state index in [2.05, 4.69) is 9.50 Å². The van der Waals surface area contributed by atoms with Crippen LogP contribution in [0.25, 0.3) is 0 Å². The molecule has 100 valence electrons. The molecule has 1 atom stereocenters. The number of ether oxygens (including phenoxy) is 1. The summed E-state index contributed by atoms with van der Waals surface area (Å²) in [6.45, 7) is 2.88. The van der Waals surface area contributed by atoms with Gasteiger partial charge in [-0.1, -0.05) is 0 Å². The maximum Gasteiger partial charge on any atom is 0.328 e. The average Bonchev–Trinajstić information content (AvgIpc) is 2.14. The van der Waals surface area contributed by atoms with Crippen molar-refractivity contribution in [2.75, 3.05) is 19.5 Å². The van der Waals surface area contributed by atoms with Crippen molar-refractivity contribution in [3.63, 3.8) is 0 Å². The molecular weight excluding hydrogens is 250 g/mol. The molecule has 0 aliphatic carbocycles. The number of hydrogen-bond donors (Lipinski definition) is 1. The number of hydrogen-bond acceptors (Lipinski definition) is 6. The Morgan fingerprint density at radius 1 is 1.35 bits per heavy atom. The summed E-state index contributed by atoms with van der Waals surface area (Å²) in [6, 6.07) is -0.894. The van der Waals surface area contributed by atoms with E-state index in [4.69, 9.17) is 4.74 Å². The fraction of sp³-hybridized carbons (Fsp3) is 0.778. The number of carbonyl (C=O) groups excluding carboxylic acids is 2. The van der Waals surface area contributed by atoms with Gasteiger partial charge in [-0.15, -0.1) is 0 Å². The molecule has 0 fully saturated rings. The van der Waals surface area contributed by atoms with Crippen molar-refractivity contribution >= 4 is 22.0 Å². The maximum absolute atomic E-state index is 11.4. The molecule has 0 aliphatic rings. The van der Waals surface area contributed by atoms with Crippen LogP contribution in [0.2, 0.25) is 0 Å². The van der Waals surface area contributed by atoms with Crippen molar-refractivity contribution in [1.82, 2.24) is 5.32 Å². The Kier molecular flexibility index (Phi) is 6.74. The summed E-state index contributed by atoms with van der Waals surface area (Å²) in [5.74, 6) is -1.01. The monoisotopic (exact) mass is 267 g/mol. The molecule has 17 heavy (non-hydrogen) atoms. The second-order valence-electron chi connectivity index (χ2n) is 3.32. The van der Waals surface area contributed by atoms with Gasteiger partial charge in [-0.3, -0.25) is 8.98 Å². The van der Waals surface area contributed by atoms with Crippen LogP contribution in [0, 0.1) is 0 Å². The first-order valence-corrected chi connectivity index (χ1v) is 6.86. The lowest BCUT2D eigenvalue weighted by Crippen LogP contribution is -2.41. The number of nitrogens with one attached hydrogen (secondary N) is 1. The molecule has 0 bridgehead atoms. The molecule has 0 aromatic heterocycles. The van der Waals surface area contributed by atoms with Gasteiger partial charge in [0.25, 0.3) is 10.1 Å². The number of esters is 1. The van der Waals surface area contributed by atoms with Crippen LogP contribution >= 0.6 is 0 Å². The van der Waals surface area contributed by atoms with Crippen molar-refractivity contribution in [2.45, 2.75) is 26.3 Å². The smallest absolute Gasteiger partial charge is 0.328 e. The molecule has 0 unspecified atom stereocenters. The molecule has 0 aromatic carbocycles. The van der Waals surface area contributed by atoms with Gasteiger partial charge in [-0.25, -0.2) is 4.79 Å². The highest BCUT2D eigenvalue weighted by molar-refractivity contribution is 7.85. The third kappa shape index (κ3) is 8.64. The number of amides is 1. The Hall–Kier alpha value is -1.15. The third-order valence-corrected chi connectivity index (χ3v) is 2.25. The predicted octanol–water partition coefficient (Wildman–Crippen LogP) is -0.579. The summed E-state index contributed by atoms with van der Waals surface area (Å²) < 4.78 is 30.6. The summed E-state index contributed by atoms with van der Waals surface area (Å²) >= 11 is 0. The summed E-state index contributed by atoms with van der Waals surface area (Å²) in [7, 11) is -3.55. The van der Waals surface area contributed by atoms with E-state index in [1.807, 2.05) is 0 Å². The Labute approximate surface area is 101 Å². The van der Waals surface area contributed by atoms with Crippen LogP contribution in [0.5, 0.6) is 0 Å². The number of rotatable bonds is 7. The Balaban J connectivity index is 4.29. The van der Waals surface area contributed by atoms with Gasteiger partial charge in [-0.05, 0) is 6.92 Å². The number of carbonyl (C=O) groups is 2. The zero-order valence-electron chi connectivity index (χ0n) is 10.1. The average molecular weight is 267 g/mol. The molecule has 0 radical (unpaired) electrons. The van der Waals surface area contributed by atoms with Crippen molar-refractivity contribution in [3.8, 4) is 0 Å². The lowest BCUT2D eigenvalue weighted by Gasteiger charge is -2.15. The zero-order chi connectivity index (χ0) is 13.5. The van der Waals surface area contributed by atoms with Crippen LogP contribution in [-0.4, -0.2) is 45.8 Å². The highest BCUT2D eigenvalue weighted by Gasteiger charge is 2.21. The zero-order valence-corrected chi connectivity index (χ0v) is 10.9. The van der Waals surface area contributed by atoms with Crippen molar-refractivity contribution in [1.29, 1.82) is 0 Å². The lowest BCUT2D eigenvalue weighted by molar-refractivity contribution is -0.147. The predicted molar refractivity (Wildman–Crippen MR) is 59.7 cm³/mol. The van der Waals surface area contributed by atoms with Crippen molar-refractivity contribution in [3.05, 3.63) is 0 Å². The minimum atomic E-state index is -3.55. The first kappa shape index (κ1) is 15.9. The highest BCUT2D eigenvalue weighted by atomic mass is 32.2. The Morgan fingerprint density at radius 3 is 2.35 bits per heavy atom. The van der Waals surface area contributed by atoms with Gasteiger partial charge in [-0.2, -0.15) is 8.42 Å². The second-order valence-corrected chi connectivity index (χ2v) is 4.96. The standard InChI is InChI=1S/C9H17NO6S/c1-4-15-9(12)8(10-7(2)11)5-6-16-17(3,13)14/h8H,4-6H2,1-3H3,(H,10,11)/t8-/m0/s1. The molecule has 0 aromatic rings. The topological polar surface area (TPSA) is 98.8 Å². The van der Waals surface area contributed by atoms with E-state index in [1.165, 1.54) is 6.92 Å². The highest BCUT2D eigenvalue weighted by Crippen LogP contribution is 1.99. The van der Waals surface area contributed by atoms with E-state index in [-0.39, 0.29) is 19.6 Å². The minimum Gasteiger partial charge on any atom is -0.464 e. The van der Waals surface area contributed by atoms with Gasteiger partial charge in [0, 0.05) is 13.3 Å². The minimum absolute atomic E-state index is 0.0332. The Morgan fingerprint density at radius 2 is 1.94 bits per heavy atom. The van der Waals surface area contributed by atoms with Crippen molar-refractivity contribution in [2.24, 2.45) is 0 Å². The summed E-state index contributed by atoms with van der Waals surface area (Å²) in [5.41, 5.74) is 0. The quantitative estimate of drug-likeness (QED) is 0.489. The van der Waals surface area contributed by atoms with Crippen LogP contribution in [0.1, 0.15) is 20.3 Å². The maximum atomic E-state index is 11.4. The van der Waals surface area contributed by atoms with E-state index >= 15 is 0 Å². The molecule has 0 saturated heterocycles. The van der Waals surface area contributed by atoms with E-state index < -0.39 is 28.0 Å². The first-order chi connectivity index (χ1) is 7.76. The van der Waals surface area contributed by atoms with Crippen LogP contribution in [0.15, 0.2) is 0 Å². The molecule has 0 spiro atoms. The molecule has 7 nitrogen and oxygen atoms in total. The molecule has 8 heteroatoms. The molecule has 0 heterocycles. The fourth-order valence-electron chi connectivity index (χ4n) is 1.05. The third-order valence-electron chi connectivity index (χ3n) is 1.65. The van der Waals surface area contributed by atoms with Crippen LogP contribution in [-0.2, 0) is 28.6 Å². The lowest BCUT2D eigenvalue weighted by atomic mass is 10.2. The van der Waals surface area contributed by atoms with Gasteiger partial charge in [0.15, 0.2) is 0 Å². The fourth-order valence-corrected chi connectivity index (χ4v) is 1.45. The van der Waals surface area contributed by atoms with Crippen molar-refractivity contribution < 1.29 is 26.9 Å². The van der Waals surface area contributed by atoms with Gasteiger partial charge in [0.1, 0.15) is 6.04 Å². The first-order valence-electron chi connectivity index (χ1n) is 5.04. The molecule has 0 rings (SSSR count). The Bertz CT molecular complexity index is 364. The second kappa shape index (κ2) is 7.23. The van der Waals surface area contributed by atoms with E-state index in [9.17, 15) is 18.0 Å². The summed E-state index contributed by atoms with van der Waals surface area (Å²) in [5, 5.41) is 2.36. The molecule has 1 amide bonds. The largest absolute Gasteiger partial charge is 0.464 e. The van der Waals surface area contributed by atoms with E-state index in [0.29, 0.717) is 0 Å². The SMILES string of the molecule is CCOC(=O)[C@H](CCOS(C)(=O)=O)NC(C)=O. The van der Waals surface area contributed by atoms with Gasteiger partial charge in [0.05, 0.1) is 19.5 Å². The van der Waals surface area contributed by atoms with Crippen LogP contribution in [0.4, 0.5) is 0 Å². The van der Waals surface area contributed by atoms with Gasteiger partial charge >= 0.3 is 5.97 Å². The molecule has 1 N–H and O–H groups in total. The molecule has 0 saturated carbocycles.